The minimum atomic E-state index is -0.285. The first kappa shape index (κ1) is 15.0. The molecule has 0 aliphatic carbocycles. The zero-order valence-corrected chi connectivity index (χ0v) is 13.1. The van der Waals surface area contributed by atoms with Crippen molar-refractivity contribution in [2.75, 3.05) is 19.8 Å². The van der Waals surface area contributed by atoms with E-state index in [0.717, 1.165) is 38.9 Å². The Hall–Kier alpha value is -0.900. The molecule has 0 amide bonds. The molecular weight excluding hydrogens is 264 g/mol. The highest BCUT2D eigenvalue weighted by Crippen LogP contribution is 2.37. The molecule has 1 aromatic carbocycles. The predicted molar refractivity (Wildman–Crippen MR) is 82.5 cm³/mol. The molecule has 2 aliphatic heterocycles. The summed E-state index contributed by atoms with van der Waals surface area (Å²) in [6.45, 7) is 6.46. The van der Waals surface area contributed by atoms with Crippen LogP contribution in [-0.4, -0.2) is 36.6 Å². The Balaban J connectivity index is 1.67. The number of rotatable bonds is 3. The Labute approximate surface area is 127 Å². The van der Waals surface area contributed by atoms with E-state index in [0.29, 0.717) is 12.5 Å². The highest BCUT2D eigenvalue weighted by atomic mass is 16.6. The fourth-order valence-electron chi connectivity index (χ4n) is 3.67. The van der Waals surface area contributed by atoms with Gasteiger partial charge in [-0.1, -0.05) is 23.8 Å². The maximum Gasteiger partial charge on any atom is 0.0940 e. The number of aliphatic hydroxyl groups is 1. The minimum absolute atomic E-state index is 0.119. The van der Waals surface area contributed by atoms with Gasteiger partial charge in [-0.25, -0.2) is 0 Å². The van der Waals surface area contributed by atoms with E-state index in [-0.39, 0.29) is 11.7 Å². The van der Waals surface area contributed by atoms with Crippen LogP contribution in [0, 0.1) is 19.8 Å². The number of benzene rings is 1. The third-order valence-electron chi connectivity index (χ3n) is 5.08. The van der Waals surface area contributed by atoms with Crippen LogP contribution in [0.4, 0.5) is 0 Å². The third kappa shape index (κ3) is 3.31. The van der Waals surface area contributed by atoms with Gasteiger partial charge in [0, 0.05) is 19.6 Å². The molecule has 1 aromatic rings. The van der Waals surface area contributed by atoms with Crippen molar-refractivity contribution in [1.82, 2.24) is 0 Å². The van der Waals surface area contributed by atoms with Gasteiger partial charge in [0.15, 0.2) is 0 Å². The van der Waals surface area contributed by atoms with Crippen molar-refractivity contribution in [3.8, 4) is 0 Å². The van der Waals surface area contributed by atoms with Gasteiger partial charge in [-0.3, -0.25) is 0 Å². The van der Waals surface area contributed by atoms with Gasteiger partial charge in [-0.05, 0) is 50.2 Å². The van der Waals surface area contributed by atoms with Crippen LogP contribution in [0.1, 0.15) is 36.0 Å². The summed E-state index contributed by atoms with van der Waals surface area (Å²) in [5.41, 5.74) is 3.68. The first-order valence-corrected chi connectivity index (χ1v) is 8.04. The molecule has 3 atom stereocenters. The molecule has 3 heteroatoms. The smallest absolute Gasteiger partial charge is 0.0940 e. The van der Waals surface area contributed by atoms with E-state index in [2.05, 4.69) is 32.0 Å². The van der Waals surface area contributed by atoms with Crippen LogP contribution in [0.15, 0.2) is 18.2 Å². The predicted octanol–water partition coefficient (Wildman–Crippen LogP) is 2.79. The summed E-state index contributed by atoms with van der Waals surface area (Å²) in [6, 6.07) is 6.48. The first-order chi connectivity index (χ1) is 10.1. The quantitative estimate of drug-likeness (QED) is 0.930. The second-order valence-corrected chi connectivity index (χ2v) is 6.79. The molecule has 0 saturated carbocycles. The van der Waals surface area contributed by atoms with E-state index in [1.165, 1.54) is 16.7 Å². The van der Waals surface area contributed by atoms with Gasteiger partial charge in [0.1, 0.15) is 0 Å². The monoisotopic (exact) mass is 290 g/mol. The van der Waals surface area contributed by atoms with Gasteiger partial charge in [-0.15, -0.1) is 0 Å². The molecule has 3 rings (SSSR count). The molecule has 2 heterocycles. The summed E-state index contributed by atoms with van der Waals surface area (Å²) in [5, 5.41) is 10.7. The lowest BCUT2D eigenvalue weighted by Crippen LogP contribution is -2.44. The Bertz CT molecular complexity index is 491. The average Bonchev–Trinajstić information content (AvgIpc) is 2.91. The molecule has 1 spiro atoms. The molecule has 3 unspecified atom stereocenters. The lowest BCUT2D eigenvalue weighted by Gasteiger charge is -2.39. The second kappa shape index (κ2) is 6.07. The topological polar surface area (TPSA) is 38.7 Å². The van der Waals surface area contributed by atoms with Crippen LogP contribution in [0.2, 0.25) is 0 Å². The van der Waals surface area contributed by atoms with Crippen molar-refractivity contribution in [3.63, 3.8) is 0 Å². The molecule has 2 fully saturated rings. The molecular formula is C18H26O3. The maximum atomic E-state index is 10.7. The second-order valence-electron chi connectivity index (χ2n) is 6.79. The number of aliphatic hydroxyl groups excluding tert-OH is 1. The Morgan fingerprint density at radius 3 is 2.95 bits per heavy atom. The number of aryl methyl sites for hydroxylation is 2. The Morgan fingerprint density at radius 2 is 2.19 bits per heavy atom. The van der Waals surface area contributed by atoms with Crippen molar-refractivity contribution < 1.29 is 14.6 Å². The summed E-state index contributed by atoms with van der Waals surface area (Å²) >= 11 is 0. The molecule has 2 saturated heterocycles. The summed E-state index contributed by atoms with van der Waals surface area (Å²) in [4.78, 5) is 0. The van der Waals surface area contributed by atoms with Crippen molar-refractivity contribution in [3.05, 3.63) is 34.9 Å². The molecule has 2 aliphatic rings. The van der Waals surface area contributed by atoms with Crippen LogP contribution >= 0.6 is 0 Å². The van der Waals surface area contributed by atoms with Crippen molar-refractivity contribution >= 4 is 0 Å². The van der Waals surface area contributed by atoms with Crippen LogP contribution < -0.4 is 0 Å². The summed E-state index contributed by atoms with van der Waals surface area (Å²) in [7, 11) is 0. The molecule has 116 valence electrons. The molecule has 0 bridgehead atoms. The molecule has 1 N–H and O–H groups in total. The highest BCUT2D eigenvalue weighted by Gasteiger charge is 2.42. The third-order valence-corrected chi connectivity index (χ3v) is 5.08. The number of ether oxygens (including phenoxy) is 2. The molecule has 21 heavy (non-hydrogen) atoms. The van der Waals surface area contributed by atoms with Gasteiger partial charge in [-0.2, -0.15) is 0 Å². The van der Waals surface area contributed by atoms with Crippen LogP contribution in [-0.2, 0) is 15.9 Å². The maximum absolute atomic E-state index is 10.7. The van der Waals surface area contributed by atoms with Gasteiger partial charge in [0.05, 0.1) is 18.3 Å². The van der Waals surface area contributed by atoms with E-state index >= 15 is 0 Å². The summed E-state index contributed by atoms with van der Waals surface area (Å²) in [6.07, 6.45) is 3.31. The zero-order valence-electron chi connectivity index (χ0n) is 13.1. The largest absolute Gasteiger partial charge is 0.392 e. The zero-order chi connectivity index (χ0) is 14.9. The SMILES string of the molecule is Cc1ccc(C)c(CC(O)C2CCOC3(CCOC3)C2)c1. The number of hydrogen-bond acceptors (Lipinski definition) is 3. The highest BCUT2D eigenvalue weighted by molar-refractivity contribution is 5.31. The fourth-order valence-corrected chi connectivity index (χ4v) is 3.67. The first-order valence-electron chi connectivity index (χ1n) is 8.04. The van der Waals surface area contributed by atoms with Gasteiger partial charge in [0.2, 0.25) is 0 Å². The standard InChI is InChI=1S/C18H26O3/c1-13-3-4-14(2)16(9-13)10-17(19)15-5-7-21-18(11-15)6-8-20-12-18/h3-4,9,15,17,19H,5-8,10-12H2,1-2H3. The summed E-state index contributed by atoms with van der Waals surface area (Å²) < 4.78 is 11.5. The van der Waals surface area contributed by atoms with Crippen molar-refractivity contribution in [2.24, 2.45) is 5.92 Å². The minimum Gasteiger partial charge on any atom is -0.392 e. The Morgan fingerprint density at radius 1 is 1.33 bits per heavy atom. The van der Waals surface area contributed by atoms with Crippen molar-refractivity contribution in [2.45, 2.75) is 51.2 Å². The fraction of sp³-hybridized carbons (Fsp3) is 0.667. The van der Waals surface area contributed by atoms with Gasteiger partial charge < -0.3 is 14.6 Å². The van der Waals surface area contributed by atoms with E-state index < -0.39 is 0 Å². The average molecular weight is 290 g/mol. The lowest BCUT2D eigenvalue weighted by atomic mass is 9.80. The molecule has 0 aromatic heterocycles. The Kier molecular flexibility index (Phi) is 4.34. The van der Waals surface area contributed by atoms with Crippen LogP contribution in [0.3, 0.4) is 0 Å². The number of hydrogen-bond donors (Lipinski definition) is 1. The summed E-state index contributed by atoms with van der Waals surface area (Å²) in [5.74, 6) is 0.320. The van der Waals surface area contributed by atoms with E-state index in [9.17, 15) is 5.11 Å². The van der Waals surface area contributed by atoms with Gasteiger partial charge >= 0.3 is 0 Å². The molecule has 0 radical (unpaired) electrons. The molecule has 3 nitrogen and oxygen atoms in total. The van der Waals surface area contributed by atoms with E-state index in [4.69, 9.17) is 9.47 Å². The normalized spacial score (nSPS) is 30.7. The van der Waals surface area contributed by atoms with Gasteiger partial charge in [0.25, 0.3) is 0 Å². The van der Waals surface area contributed by atoms with Crippen molar-refractivity contribution in [1.29, 1.82) is 0 Å². The van der Waals surface area contributed by atoms with Crippen LogP contribution in [0.25, 0.3) is 0 Å². The van der Waals surface area contributed by atoms with Crippen LogP contribution in [0.5, 0.6) is 0 Å². The van der Waals surface area contributed by atoms with E-state index in [1.807, 2.05) is 0 Å². The van der Waals surface area contributed by atoms with E-state index in [1.54, 1.807) is 0 Å². The lowest BCUT2D eigenvalue weighted by molar-refractivity contribution is -0.116.